The van der Waals surface area contributed by atoms with Crippen molar-refractivity contribution in [1.82, 2.24) is 10.3 Å². The molecule has 0 aliphatic rings. The van der Waals surface area contributed by atoms with Crippen LogP contribution in [-0.2, 0) is 11.3 Å². The Morgan fingerprint density at radius 1 is 1.35 bits per heavy atom. The number of nitrogens with zero attached hydrogens (tertiary/aromatic N) is 1. The second-order valence-electron chi connectivity index (χ2n) is 5.39. The van der Waals surface area contributed by atoms with Gasteiger partial charge >= 0.3 is 0 Å². The number of ether oxygens (including phenoxy) is 1. The van der Waals surface area contributed by atoms with Crippen molar-refractivity contribution in [2.45, 2.75) is 26.0 Å². The molecule has 23 heavy (non-hydrogen) atoms. The van der Waals surface area contributed by atoms with Crippen LogP contribution < -0.4 is 10.1 Å². The van der Waals surface area contributed by atoms with Gasteiger partial charge in [-0.05, 0) is 32.0 Å². The molecule has 0 fully saturated rings. The fourth-order valence-electron chi connectivity index (χ4n) is 1.70. The van der Waals surface area contributed by atoms with Crippen LogP contribution in [0.15, 0.2) is 36.5 Å². The van der Waals surface area contributed by atoms with Gasteiger partial charge in [-0.2, -0.15) is 0 Å². The maximum Gasteiger partial charge on any atom is 0.251 e. The molecule has 0 aliphatic heterocycles. The van der Waals surface area contributed by atoms with Crippen LogP contribution in [0.1, 0.15) is 19.4 Å². The molecule has 1 aromatic heterocycles. The third-order valence-corrected chi connectivity index (χ3v) is 2.95. The molecule has 0 spiro atoms. The molecule has 0 saturated heterocycles. The van der Waals surface area contributed by atoms with Gasteiger partial charge in [0.25, 0.3) is 5.91 Å². The lowest BCUT2D eigenvalue weighted by molar-refractivity contribution is -0.136. The largest absolute Gasteiger partial charge is 0.436 e. The Morgan fingerprint density at radius 3 is 2.74 bits per heavy atom. The molecule has 122 valence electrons. The lowest BCUT2D eigenvalue weighted by Crippen LogP contribution is -2.41. The lowest BCUT2D eigenvalue weighted by atomic mass is 10.1. The van der Waals surface area contributed by atoms with E-state index < -0.39 is 23.1 Å². The Kier molecular flexibility index (Phi) is 4.90. The number of nitrogens with one attached hydrogen (secondary N) is 1. The molecule has 1 aromatic carbocycles. The quantitative estimate of drug-likeness (QED) is 0.887. The average molecular weight is 322 g/mol. The number of aliphatic hydroxyl groups is 1. The first-order valence-electron chi connectivity index (χ1n) is 6.85. The summed E-state index contributed by atoms with van der Waals surface area (Å²) in [6.45, 7) is 2.75. The van der Waals surface area contributed by atoms with Crippen LogP contribution in [-0.4, -0.2) is 21.6 Å². The Balaban J connectivity index is 2.16. The second kappa shape index (κ2) is 6.70. The van der Waals surface area contributed by atoms with Crippen LogP contribution in [0.2, 0.25) is 0 Å². The van der Waals surface area contributed by atoms with Gasteiger partial charge in [-0.1, -0.05) is 6.07 Å². The number of amides is 1. The van der Waals surface area contributed by atoms with Crippen molar-refractivity contribution in [2.24, 2.45) is 0 Å². The molecule has 0 unspecified atom stereocenters. The number of rotatable bonds is 5. The topological polar surface area (TPSA) is 71.5 Å². The Hall–Kier alpha value is -2.54. The Morgan fingerprint density at radius 2 is 2.09 bits per heavy atom. The number of aromatic nitrogens is 1. The van der Waals surface area contributed by atoms with Crippen molar-refractivity contribution in [2.75, 3.05) is 0 Å². The summed E-state index contributed by atoms with van der Waals surface area (Å²) in [6.07, 6.45) is 1.44. The molecule has 0 bridgehead atoms. The second-order valence-corrected chi connectivity index (χ2v) is 5.39. The van der Waals surface area contributed by atoms with Crippen molar-refractivity contribution < 1.29 is 23.4 Å². The highest BCUT2D eigenvalue weighted by molar-refractivity contribution is 5.83. The van der Waals surface area contributed by atoms with Crippen molar-refractivity contribution in [3.63, 3.8) is 0 Å². The van der Waals surface area contributed by atoms with Crippen LogP contribution in [0, 0.1) is 11.6 Å². The highest BCUT2D eigenvalue weighted by Crippen LogP contribution is 2.26. The molecule has 1 heterocycles. The van der Waals surface area contributed by atoms with E-state index in [1.807, 2.05) is 0 Å². The number of carbonyl (C=O) groups is 1. The van der Waals surface area contributed by atoms with Crippen molar-refractivity contribution >= 4 is 5.91 Å². The van der Waals surface area contributed by atoms with Crippen LogP contribution in [0.5, 0.6) is 11.6 Å². The van der Waals surface area contributed by atoms with E-state index in [-0.39, 0.29) is 18.2 Å². The summed E-state index contributed by atoms with van der Waals surface area (Å²) in [4.78, 5) is 15.7. The summed E-state index contributed by atoms with van der Waals surface area (Å²) >= 11 is 0. The molecule has 0 radical (unpaired) electrons. The number of benzene rings is 1. The maximum absolute atomic E-state index is 13.6. The van der Waals surface area contributed by atoms with Gasteiger partial charge in [0, 0.05) is 24.4 Å². The highest BCUT2D eigenvalue weighted by Gasteiger charge is 2.23. The van der Waals surface area contributed by atoms with Gasteiger partial charge in [-0.25, -0.2) is 13.8 Å². The number of hydrogen-bond donors (Lipinski definition) is 2. The molecule has 2 aromatic rings. The third-order valence-electron chi connectivity index (χ3n) is 2.95. The highest BCUT2D eigenvalue weighted by atomic mass is 19.1. The van der Waals surface area contributed by atoms with Crippen molar-refractivity contribution in [3.05, 3.63) is 53.7 Å². The average Bonchev–Trinajstić information content (AvgIpc) is 2.47. The summed E-state index contributed by atoms with van der Waals surface area (Å²) in [6, 6.07) is 6.18. The monoisotopic (exact) mass is 322 g/mol. The van der Waals surface area contributed by atoms with E-state index in [2.05, 4.69) is 10.3 Å². The molecule has 1 amide bonds. The van der Waals surface area contributed by atoms with Crippen LogP contribution in [0.25, 0.3) is 0 Å². The van der Waals surface area contributed by atoms with E-state index in [1.54, 1.807) is 12.1 Å². The Bertz CT molecular complexity index is 715. The van der Waals surface area contributed by atoms with Crippen molar-refractivity contribution in [1.29, 1.82) is 0 Å². The summed E-state index contributed by atoms with van der Waals surface area (Å²) in [5, 5.41) is 12.1. The SMILES string of the molecule is CC(C)(O)C(=O)NCc1cccnc1Oc1ccc(F)cc1F. The molecular weight excluding hydrogens is 306 g/mol. The summed E-state index contributed by atoms with van der Waals surface area (Å²) in [7, 11) is 0. The Labute approximate surface area is 131 Å². The minimum absolute atomic E-state index is 0.0365. The number of hydrogen-bond acceptors (Lipinski definition) is 4. The van der Waals surface area contributed by atoms with E-state index in [1.165, 1.54) is 20.0 Å². The third kappa shape index (κ3) is 4.46. The predicted octanol–water partition coefficient (Wildman–Crippen LogP) is 2.54. The molecule has 0 aliphatic carbocycles. The lowest BCUT2D eigenvalue weighted by Gasteiger charge is -2.17. The summed E-state index contributed by atoms with van der Waals surface area (Å²) < 4.78 is 31.9. The minimum atomic E-state index is -1.52. The van der Waals surface area contributed by atoms with E-state index in [0.29, 0.717) is 11.6 Å². The smallest absolute Gasteiger partial charge is 0.251 e. The molecule has 2 N–H and O–H groups in total. The zero-order valence-electron chi connectivity index (χ0n) is 12.6. The van der Waals surface area contributed by atoms with Crippen molar-refractivity contribution in [3.8, 4) is 11.6 Å². The number of pyridine rings is 1. The molecule has 5 nitrogen and oxygen atoms in total. The zero-order chi connectivity index (χ0) is 17.0. The van der Waals surface area contributed by atoms with Gasteiger partial charge in [0.2, 0.25) is 5.88 Å². The maximum atomic E-state index is 13.6. The van der Waals surface area contributed by atoms with Gasteiger partial charge < -0.3 is 15.2 Å². The van der Waals surface area contributed by atoms with E-state index >= 15 is 0 Å². The molecule has 7 heteroatoms. The zero-order valence-corrected chi connectivity index (χ0v) is 12.6. The standard InChI is InChI=1S/C16H16F2N2O3/c1-16(2,22)15(21)20-9-10-4-3-7-19-14(10)23-13-6-5-11(17)8-12(13)18/h3-8,22H,9H2,1-2H3,(H,20,21). The van der Waals surface area contributed by atoms with Gasteiger partial charge in [0.05, 0.1) is 0 Å². The van der Waals surface area contributed by atoms with Gasteiger partial charge in [0.1, 0.15) is 11.4 Å². The van der Waals surface area contributed by atoms with Crippen LogP contribution in [0.4, 0.5) is 8.78 Å². The summed E-state index contributed by atoms with van der Waals surface area (Å²) in [5.74, 6) is -2.25. The fourth-order valence-corrected chi connectivity index (χ4v) is 1.70. The molecule has 0 atom stereocenters. The van der Waals surface area contributed by atoms with Crippen LogP contribution in [0.3, 0.4) is 0 Å². The molecule has 2 rings (SSSR count). The van der Waals surface area contributed by atoms with E-state index in [0.717, 1.165) is 12.1 Å². The predicted molar refractivity (Wildman–Crippen MR) is 78.8 cm³/mol. The van der Waals surface area contributed by atoms with E-state index in [9.17, 15) is 18.7 Å². The fraction of sp³-hybridized carbons (Fsp3) is 0.250. The molecular formula is C16H16F2N2O3. The minimum Gasteiger partial charge on any atom is -0.436 e. The normalized spacial score (nSPS) is 11.2. The number of halogens is 2. The first-order chi connectivity index (χ1) is 10.8. The van der Waals surface area contributed by atoms with Gasteiger partial charge in [-0.3, -0.25) is 4.79 Å². The van der Waals surface area contributed by atoms with Crippen LogP contribution >= 0.6 is 0 Å². The first-order valence-corrected chi connectivity index (χ1v) is 6.85. The molecule has 0 saturated carbocycles. The van der Waals surface area contributed by atoms with Gasteiger partial charge in [-0.15, -0.1) is 0 Å². The summed E-state index contributed by atoms with van der Waals surface area (Å²) in [5.41, 5.74) is -1.04. The first kappa shape index (κ1) is 16.8. The number of carbonyl (C=O) groups excluding carboxylic acids is 1. The van der Waals surface area contributed by atoms with E-state index in [4.69, 9.17) is 4.74 Å². The van der Waals surface area contributed by atoms with Gasteiger partial charge in [0.15, 0.2) is 11.6 Å².